The highest BCUT2D eigenvalue weighted by atomic mass is 35.5. The number of aromatic nitrogens is 1. The van der Waals surface area contributed by atoms with Crippen LogP contribution in [0.2, 0.25) is 5.02 Å². The predicted octanol–water partition coefficient (Wildman–Crippen LogP) is 3.77. The first-order chi connectivity index (χ1) is 11.2. The molecule has 1 heterocycles. The second-order valence-corrected chi connectivity index (χ2v) is 5.69. The average Bonchev–Trinajstić information content (AvgIpc) is 2.54. The minimum atomic E-state index is -0.0596. The molecule has 1 aromatic heterocycles. The summed E-state index contributed by atoms with van der Waals surface area (Å²) in [5.41, 5.74) is 1.77. The lowest BCUT2D eigenvalue weighted by Crippen LogP contribution is -2.25. The number of rotatable bonds is 8. The molecule has 0 aliphatic heterocycles. The first kappa shape index (κ1) is 17.3. The van der Waals surface area contributed by atoms with E-state index in [-0.39, 0.29) is 5.91 Å². The van der Waals surface area contributed by atoms with Gasteiger partial charge in [0, 0.05) is 23.3 Å². The number of nitrogens with zero attached hydrogens (tertiary/aromatic N) is 1. The van der Waals surface area contributed by atoms with Gasteiger partial charge in [-0.25, -0.2) is 4.98 Å². The fourth-order valence-corrected chi connectivity index (χ4v) is 2.30. The predicted molar refractivity (Wildman–Crippen MR) is 91.6 cm³/mol. The van der Waals surface area contributed by atoms with Crippen LogP contribution in [0.25, 0.3) is 0 Å². The van der Waals surface area contributed by atoms with Gasteiger partial charge in [0.05, 0.1) is 13.0 Å². The van der Waals surface area contributed by atoms with Crippen molar-refractivity contribution in [2.24, 2.45) is 0 Å². The van der Waals surface area contributed by atoms with Gasteiger partial charge in [-0.2, -0.15) is 0 Å². The molecule has 0 atom stereocenters. The van der Waals surface area contributed by atoms with Crippen LogP contribution < -0.4 is 10.1 Å². The zero-order chi connectivity index (χ0) is 16.5. The Labute approximate surface area is 141 Å². The monoisotopic (exact) mass is 332 g/mol. The van der Waals surface area contributed by atoms with Gasteiger partial charge < -0.3 is 10.1 Å². The number of halogens is 1. The number of carbonyl (C=O) groups excluding carboxylic acids is 1. The zero-order valence-electron chi connectivity index (χ0n) is 13.2. The van der Waals surface area contributed by atoms with Crippen molar-refractivity contribution < 1.29 is 9.53 Å². The summed E-state index contributed by atoms with van der Waals surface area (Å²) in [6.07, 6.45) is 4.04. The molecule has 5 heteroatoms. The molecule has 0 aliphatic carbocycles. The van der Waals surface area contributed by atoms with Crippen LogP contribution in [0.3, 0.4) is 0 Å². The lowest BCUT2D eigenvalue weighted by molar-refractivity contribution is -0.120. The van der Waals surface area contributed by atoms with E-state index in [0.717, 1.165) is 24.0 Å². The third-order valence-corrected chi connectivity index (χ3v) is 3.55. The molecule has 1 aromatic carbocycles. The van der Waals surface area contributed by atoms with Gasteiger partial charge in [-0.3, -0.25) is 4.79 Å². The fraction of sp³-hybridized carbons (Fsp3) is 0.333. The largest absolute Gasteiger partial charge is 0.477 e. The number of ether oxygens (including phenoxy) is 1. The Morgan fingerprint density at radius 2 is 2.17 bits per heavy atom. The smallest absolute Gasteiger partial charge is 0.224 e. The van der Waals surface area contributed by atoms with Crippen LogP contribution in [-0.2, 0) is 17.8 Å². The number of nitrogens with one attached hydrogen (secondary N) is 1. The summed E-state index contributed by atoms with van der Waals surface area (Å²) < 4.78 is 5.66. The molecule has 0 spiro atoms. The van der Waals surface area contributed by atoms with E-state index in [2.05, 4.69) is 17.2 Å². The molecule has 2 aromatic rings. The lowest BCUT2D eigenvalue weighted by Gasteiger charge is -2.11. The minimum Gasteiger partial charge on any atom is -0.477 e. The number of carbonyl (C=O) groups is 1. The molecule has 23 heavy (non-hydrogen) atoms. The van der Waals surface area contributed by atoms with Crippen molar-refractivity contribution in [1.82, 2.24) is 10.3 Å². The Kier molecular flexibility index (Phi) is 6.88. The topological polar surface area (TPSA) is 51.2 Å². The van der Waals surface area contributed by atoms with Gasteiger partial charge in [0.2, 0.25) is 11.8 Å². The van der Waals surface area contributed by atoms with Crippen molar-refractivity contribution in [2.45, 2.75) is 32.7 Å². The third kappa shape index (κ3) is 5.91. The highest BCUT2D eigenvalue weighted by molar-refractivity contribution is 6.30. The quantitative estimate of drug-likeness (QED) is 0.748. The molecule has 4 nitrogen and oxygen atoms in total. The maximum absolute atomic E-state index is 12.1. The summed E-state index contributed by atoms with van der Waals surface area (Å²) in [7, 11) is 0. The molecule has 0 fully saturated rings. The van der Waals surface area contributed by atoms with Gasteiger partial charge in [-0.1, -0.05) is 43.1 Å². The third-order valence-electron chi connectivity index (χ3n) is 3.32. The number of hydrogen-bond acceptors (Lipinski definition) is 3. The number of unbranched alkanes of at least 4 members (excludes halogenated alkanes) is 1. The SMILES string of the molecule is CCCCOc1ncccc1CNC(=O)Cc1cccc(Cl)c1. The van der Waals surface area contributed by atoms with E-state index in [1.165, 1.54) is 0 Å². The van der Waals surface area contributed by atoms with E-state index in [1.54, 1.807) is 18.3 Å². The second-order valence-electron chi connectivity index (χ2n) is 5.25. The Morgan fingerprint density at radius 3 is 2.96 bits per heavy atom. The first-order valence-corrected chi connectivity index (χ1v) is 8.14. The van der Waals surface area contributed by atoms with Crippen LogP contribution in [0.4, 0.5) is 0 Å². The van der Waals surface area contributed by atoms with Gasteiger partial charge in [0.15, 0.2) is 0 Å². The lowest BCUT2D eigenvalue weighted by atomic mass is 10.1. The fourth-order valence-electron chi connectivity index (χ4n) is 2.09. The van der Waals surface area contributed by atoms with Gasteiger partial charge in [0.25, 0.3) is 0 Å². The van der Waals surface area contributed by atoms with Gasteiger partial charge in [-0.15, -0.1) is 0 Å². The molecule has 2 rings (SSSR count). The van der Waals surface area contributed by atoms with Gasteiger partial charge >= 0.3 is 0 Å². The van der Waals surface area contributed by atoms with Gasteiger partial charge in [0.1, 0.15) is 0 Å². The van der Waals surface area contributed by atoms with E-state index in [1.807, 2.05) is 24.3 Å². The van der Waals surface area contributed by atoms with E-state index < -0.39 is 0 Å². The summed E-state index contributed by atoms with van der Waals surface area (Å²) in [5.74, 6) is 0.527. The normalized spacial score (nSPS) is 10.3. The van der Waals surface area contributed by atoms with Crippen molar-refractivity contribution in [3.63, 3.8) is 0 Å². The summed E-state index contributed by atoms with van der Waals surface area (Å²) in [4.78, 5) is 16.3. The molecule has 1 amide bonds. The van der Waals surface area contributed by atoms with Crippen molar-refractivity contribution in [2.75, 3.05) is 6.61 Å². The van der Waals surface area contributed by atoms with Crippen LogP contribution in [0, 0.1) is 0 Å². The Hall–Kier alpha value is -2.07. The van der Waals surface area contributed by atoms with Crippen LogP contribution in [0.5, 0.6) is 5.88 Å². The van der Waals surface area contributed by atoms with E-state index >= 15 is 0 Å². The standard InChI is InChI=1S/C18H21ClN2O2/c1-2-3-10-23-18-15(7-5-9-20-18)13-21-17(22)12-14-6-4-8-16(19)11-14/h4-9,11H,2-3,10,12-13H2,1H3,(H,21,22). The van der Waals surface area contributed by atoms with Crippen LogP contribution in [0.1, 0.15) is 30.9 Å². The number of pyridine rings is 1. The first-order valence-electron chi connectivity index (χ1n) is 7.77. The molecule has 1 N–H and O–H groups in total. The number of benzene rings is 1. The Balaban J connectivity index is 1.88. The van der Waals surface area contributed by atoms with Crippen LogP contribution in [0.15, 0.2) is 42.6 Å². The molecule has 0 bridgehead atoms. The van der Waals surface area contributed by atoms with Crippen molar-refractivity contribution in [3.8, 4) is 5.88 Å². The maximum Gasteiger partial charge on any atom is 0.224 e. The highest BCUT2D eigenvalue weighted by Crippen LogP contribution is 2.15. The van der Waals surface area contributed by atoms with Crippen LogP contribution in [-0.4, -0.2) is 17.5 Å². The van der Waals surface area contributed by atoms with E-state index in [9.17, 15) is 4.79 Å². The minimum absolute atomic E-state index is 0.0596. The van der Waals surface area contributed by atoms with Gasteiger partial charge in [-0.05, 0) is 30.2 Å². The Morgan fingerprint density at radius 1 is 1.30 bits per heavy atom. The van der Waals surface area contributed by atoms with Crippen molar-refractivity contribution >= 4 is 17.5 Å². The summed E-state index contributed by atoms with van der Waals surface area (Å²) in [5, 5.41) is 3.53. The maximum atomic E-state index is 12.1. The van der Waals surface area contributed by atoms with E-state index in [4.69, 9.17) is 16.3 Å². The summed E-state index contributed by atoms with van der Waals surface area (Å²) in [6.45, 7) is 3.14. The molecule has 0 saturated heterocycles. The summed E-state index contributed by atoms with van der Waals surface area (Å²) in [6, 6.07) is 11.1. The molecule has 0 saturated carbocycles. The van der Waals surface area contributed by atoms with Crippen molar-refractivity contribution in [1.29, 1.82) is 0 Å². The second kappa shape index (κ2) is 9.16. The number of hydrogen-bond donors (Lipinski definition) is 1. The zero-order valence-corrected chi connectivity index (χ0v) is 14.0. The molecule has 0 radical (unpaired) electrons. The number of amides is 1. The molecule has 0 aliphatic rings. The molecular weight excluding hydrogens is 312 g/mol. The molecular formula is C18H21ClN2O2. The van der Waals surface area contributed by atoms with Crippen molar-refractivity contribution in [3.05, 3.63) is 58.7 Å². The van der Waals surface area contributed by atoms with E-state index in [0.29, 0.717) is 30.5 Å². The molecule has 122 valence electrons. The Bertz CT molecular complexity index is 646. The highest BCUT2D eigenvalue weighted by Gasteiger charge is 2.08. The van der Waals surface area contributed by atoms with Crippen LogP contribution >= 0.6 is 11.6 Å². The summed E-state index contributed by atoms with van der Waals surface area (Å²) >= 11 is 5.93. The molecule has 0 unspecified atom stereocenters. The average molecular weight is 333 g/mol.